The molecule has 11 heteroatoms. The largest absolute Gasteiger partial charge is 0.444 e. The number of imidazole rings is 1. The van der Waals surface area contributed by atoms with Gasteiger partial charge in [0, 0.05) is 7.05 Å². The lowest BCUT2D eigenvalue weighted by Gasteiger charge is -2.34. The van der Waals surface area contributed by atoms with Crippen LogP contribution in [0.3, 0.4) is 0 Å². The molecule has 0 saturated heterocycles. The molecule has 0 spiro atoms. The topological polar surface area (TPSA) is 99.7 Å². The van der Waals surface area contributed by atoms with E-state index in [4.69, 9.17) is 21.3 Å². The van der Waals surface area contributed by atoms with Crippen molar-refractivity contribution in [3.8, 4) is 10.7 Å². The van der Waals surface area contributed by atoms with Gasteiger partial charge in [-0.05, 0) is 51.7 Å². The van der Waals surface area contributed by atoms with Crippen LogP contribution in [-0.4, -0.2) is 48.9 Å². The Balaban J connectivity index is 1.63. The second kappa shape index (κ2) is 10.6. The van der Waals surface area contributed by atoms with Crippen LogP contribution in [-0.2, 0) is 21.3 Å². The minimum absolute atomic E-state index is 0.166. The lowest BCUT2D eigenvalue weighted by Crippen LogP contribution is -2.51. The van der Waals surface area contributed by atoms with Crippen molar-refractivity contribution >= 4 is 51.5 Å². The molecule has 0 saturated carbocycles. The van der Waals surface area contributed by atoms with Gasteiger partial charge >= 0.3 is 6.09 Å². The number of thiophene rings is 1. The lowest BCUT2D eigenvalue weighted by molar-refractivity contribution is 0.0559. The molecule has 1 aliphatic carbocycles. The van der Waals surface area contributed by atoms with E-state index in [0.717, 1.165) is 27.4 Å². The van der Waals surface area contributed by atoms with E-state index in [9.17, 15) is 9.00 Å². The zero-order valence-electron chi connectivity index (χ0n) is 21.8. The third kappa shape index (κ3) is 6.25. The summed E-state index contributed by atoms with van der Waals surface area (Å²) in [4.78, 5) is 26.8. The number of alkyl carbamates (subject to hydrolysis) is 1. The van der Waals surface area contributed by atoms with E-state index in [0.29, 0.717) is 16.8 Å². The van der Waals surface area contributed by atoms with Crippen LogP contribution in [0.2, 0.25) is 5.02 Å². The predicted molar refractivity (Wildman–Crippen MR) is 152 cm³/mol. The maximum absolute atomic E-state index is 13.0. The number of guanidine groups is 1. The average Bonchev–Trinajstić information content (AvgIpc) is 3.37. The summed E-state index contributed by atoms with van der Waals surface area (Å²) in [6.07, 6.45) is 12.8. The Morgan fingerprint density at radius 2 is 2.16 bits per heavy atom. The van der Waals surface area contributed by atoms with Gasteiger partial charge in [-0.3, -0.25) is 9.62 Å². The van der Waals surface area contributed by atoms with Crippen LogP contribution in [0.4, 0.5) is 4.79 Å². The first-order valence-electron chi connectivity index (χ1n) is 12.0. The Labute approximate surface area is 229 Å². The van der Waals surface area contributed by atoms with Gasteiger partial charge in [0.15, 0.2) is 0 Å². The van der Waals surface area contributed by atoms with Crippen LogP contribution in [0.1, 0.15) is 51.6 Å². The molecular formula is C26H32ClN5O3S2. The lowest BCUT2D eigenvalue weighted by atomic mass is 10.0. The SMILES string of the molecule is CCC1C=CC=CC(c2cnc(-c3cc(Cl)c(C4(C)CS(=O)N(C)C(NC(=O)OC(C)(C)C)=N4)s3)[nH]2)=C1. The van der Waals surface area contributed by atoms with Crippen molar-refractivity contribution in [2.75, 3.05) is 12.8 Å². The number of carbonyl (C=O) groups is 1. The highest BCUT2D eigenvalue weighted by Gasteiger charge is 2.40. The minimum atomic E-state index is -1.44. The molecular weight excluding hydrogens is 530 g/mol. The van der Waals surface area contributed by atoms with E-state index < -0.39 is 28.2 Å². The van der Waals surface area contributed by atoms with Gasteiger partial charge in [-0.1, -0.05) is 48.9 Å². The number of amides is 1. The van der Waals surface area contributed by atoms with Crippen molar-refractivity contribution < 1.29 is 13.7 Å². The van der Waals surface area contributed by atoms with Crippen molar-refractivity contribution in [3.05, 3.63) is 58.2 Å². The number of rotatable bonds is 4. The summed E-state index contributed by atoms with van der Waals surface area (Å²) < 4.78 is 19.8. The van der Waals surface area contributed by atoms with Gasteiger partial charge in [0.05, 0.1) is 32.4 Å². The molecule has 1 amide bonds. The van der Waals surface area contributed by atoms with Gasteiger partial charge in [-0.15, -0.1) is 11.3 Å². The third-order valence-corrected chi connectivity index (χ3v) is 9.28. The number of aliphatic imine (C=N–C) groups is 1. The molecule has 3 heterocycles. The van der Waals surface area contributed by atoms with Crippen molar-refractivity contribution in [1.82, 2.24) is 19.6 Å². The number of aromatic nitrogens is 2. The van der Waals surface area contributed by atoms with Gasteiger partial charge in [0.25, 0.3) is 0 Å². The standard InChI is InChI=1S/C26H32ClN5O3S2/c1-7-16-10-8-9-11-17(12-16)19-14-28-22(29-19)20-13-18(27)21(36-20)26(5)15-37(34)32(6)23(31-26)30-24(33)35-25(2,3)4/h8-14,16H,7,15H2,1-6H3,(H,28,29)(H,30,31,33). The maximum atomic E-state index is 13.0. The molecule has 4 rings (SSSR count). The van der Waals surface area contributed by atoms with Crippen LogP contribution in [0.25, 0.3) is 16.3 Å². The number of carbonyl (C=O) groups excluding carboxylic acids is 1. The maximum Gasteiger partial charge on any atom is 0.414 e. The summed E-state index contributed by atoms with van der Waals surface area (Å²) in [6, 6.07) is 1.85. The molecule has 3 unspecified atom stereocenters. The van der Waals surface area contributed by atoms with E-state index in [-0.39, 0.29) is 11.7 Å². The van der Waals surface area contributed by atoms with Crippen LogP contribution >= 0.6 is 22.9 Å². The summed E-state index contributed by atoms with van der Waals surface area (Å²) >= 11 is 8.14. The Kier molecular flexibility index (Phi) is 7.83. The van der Waals surface area contributed by atoms with Crippen LogP contribution in [0.5, 0.6) is 0 Å². The second-order valence-electron chi connectivity index (χ2n) is 10.2. The van der Waals surface area contributed by atoms with Gasteiger partial charge < -0.3 is 9.72 Å². The number of H-pyrrole nitrogens is 1. The zero-order chi connectivity index (χ0) is 27.0. The van der Waals surface area contributed by atoms with Gasteiger partial charge in [0.2, 0.25) is 5.96 Å². The highest BCUT2D eigenvalue weighted by molar-refractivity contribution is 7.83. The van der Waals surface area contributed by atoms with E-state index >= 15 is 0 Å². The molecule has 2 N–H and O–H groups in total. The molecule has 0 bridgehead atoms. The van der Waals surface area contributed by atoms with E-state index in [1.54, 1.807) is 27.8 Å². The number of allylic oxidation sites excluding steroid dienone is 6. The summed E-state index contributed by atoms with van der Waals surface area (Å²) in [5.41, 5.74) is 0.417. The number of nitrogens with zero attached hydrogens (tertiary/aromatic N) is 3. The normalized spacial score (nSPS) is 23.9. The molecule has 2 aliphatic rings. The Morgan fingerprint density at radius 3 is 2.86 bits per heavy atom. The summed E-state index contributed by atoms with van der Waals surface area (Å²) in [7, 11) is 0.180. The predicted octanol–water partition coefficient (Wildman–Crippen LogP) is 6.03. The van der Waals surface area contributed by atoms with Crippen LogP contribution in [0.15, 0.2) is 47.6 Å². The fourth-order valence-corrected chi connectivity index (χ4v) is 6.81. The number of aromatic amines is 1. The number of hydrogen-bond acceptors (Lipinski definition) is 6. The van der Waals surface area contributed by atoms with Crippen LogP contribution < -0.4 is 5.32 Å². The summed E-state index contributed by atoms with van der Waals surface area (Å²) in [5.74, 6) is 1.45. The van der Waals surface area contributed by atoms with Crippen molar-refractivity contribution in [1.29, 1.82) is 0 Å². The van der Waals surface area contributed by atoms with Crippen LogP contribution in [0, 0.1) is 5.92 Å². The smallest absolute Gasteiger partial charge is 0.414 e. The monoisotopic (exact) mass is 561 g/mol. The van der Waals surface area contributed by atoms with E-state index in [1.807, 2.05) is 25.3 Å². The molecule has 37 heavy (non-hydrogen) atoms. The van der Waals surface area contributed by atoms with E-state index in [1.165, 1.54) is 15.6 Å². The fraction of sp³-hybridized carbons (Fsp3) is 0.423. The molecule has 2 aromatic heterocycles. The Hall–Kier alpha value is -2.69. The second-order valence-corrected chi connectivity index (χ2v) is 13.1. The fourth-order valence-electron chi connectivity index (χ4n) is 3.98. The molecule has 0 radical (unpaired) electrons. The first-order chi connectivity index (χ1) is 17.4. The number of ether oxygens (including phenoxy) is 1. The molecule has 0 aromatic carbocycles. The number of halogens is 1. The molecule has 3 atom stereocenters. The van der Waals surface area contributed by atoms with Gasteiger partial charge in [-0.25, -0.2) is 19.0 Å². The Bertz CT molecular complexity index is 1330. The molecule has 2 aromatic rings. The summed E-state index contributed by atoms with van der Waals surface area (Å²) in [5, 5.41) is 3.14. The third-order valence-electron chi connectivity index (χ3n) is 5.88. The average molecular weight is 562 g/mol. The molecule has 0 fully saturated rings. The zero-order valence-corrected chi connectivity index (χ0v) is 24.2. The quantitative estimate of drug-likeness (QED) is 0.476. The van der Waals surface area contributed by atoms with Gasteiger partial charge in [-0.2, -0.15) is 0 Å². The Morgan fingerprint density at radius 1 is 1.41 bits per heavy atom. The first kappa shape index (κ1) is 27.3. The van der Waals surface area contributed by atoms with Crippen molar-refractivity contribution in [3.63, 3.8) is 0 Å². The number of hydrogen-bond donors (Lipinski definition) is 2. The highest BCUT2D eigenvalue weighted by atomic mass is 35.5. The molecule has 198 valence electrons. The van der Waals surface area contributed by atoms with Crippen molar-refractivity contribution in [2.24, 2.45) is 10.9 Å². The van der Waals surface area contributed by atoms with E-state index in [2.05, 4.69) is 46.5 Å². The molecule has 1 aliphatic heterocycles. The minimum Gasteiger partial charge on any atom is -0.444 e. The molecule has 8 nitrogen and oxygen atoms in total. The highest BCUT2D eigenvalue weighted by Crippen LogP contribution is 2.43. The number of nitrogens with one attached hydrogen (secondary N) is 2. The van der Waals surface area contributed by atoms with Gasteiger partial charge in [0.1, 0.15) is 27.9 Å². The summed E-state index contributed by atoms with van der Waals surface area (Å²) in [6.45, 7) is 9.35. The van der Waals surface area contributed by atoms with Crippen molar-refractivity contribution in [2.45, 2.75) is 52.2 Å². The first-order valence-corrected chi connectivity index (χ1v) is 14.5.